The molecule has 4 heterocycles. The first-order valence-electron chi connectivity index (χ1n) is 8.12. The number of carbonyl (C=O) groups is 1. The number of rotatable bonds is 3. The predicted octanol–water partition coefficient (Wildman–Crippen LogP) is 2.38. The fourth-order valence-corrected chi connectivity index (χ4v) is 3.96. The van der Waals surface area contributed by atoms with Gasteiger partial charge >= 0.3 is 0 Å². The summed E-state index contributed by atoms with van der Waals surface area (Å²) in [5, 5.41) is 1.80. The Balaban J connectivity index is 1.33. The molecule has 0 saturated carbocycles. The predicted molar refractivity (Wildman–Crippen MR) is 89.2 cm³/mol. The zero-order valence-corrected chi connectivity index (χ0v) is 14.1. The fraction of sp³-hybridized carbons (Fsp3) is 0.471. The average molecular weight is 345 g/mol. The lowest BCUT2D eigenvalue weighted by Crippen LogP contribution is -2.46. The van der Waals surface area contributed by atoms with E-state index in [0.29, 0.717) is 25.4 Å². The van der Waals surface area contributed by atoms with Gasteiger partial charge in [0.25, 0.3) is 5.91 Å². The number of pyridine rings is 1. The summed E-state index contributed by atoms with van der Waals surface area (Å²) in [5.41, 5.74) is 2.08. The molecule has 126 valence electrons. The van der Waals surface area contributed by atoms with Crippen molar-refractivity contribution in [1.29, 1.82) is 0 Å². The number of nitrogens with zero attached hydrogens (tertiary/aromatic N) is 3. The minimum Gasteiger partial charge on any atom is -0.486 e. The number of ether oxygens (including phenoxy) is 2. The van der Waals surface area contributed by atoms with Crippen LogP contribution in [0.25, 0.3) is 0 Å². The number of hydrogen-bond donors (Lipinski definition) is 0. The first-order chi connectivity index (χ1) is 11.7. The highest BCUT2D eigenvalue weighted by Gasteiger charge is 2.44. The summed E-state index contributed by atoms with van der Waals surface area (Å²) < 4.78 is 12.0. The Kier molecular flexibility index (Phi) is 4.20. The van der Waals surface area contributed by atoms with Crippen LogP contribution in [0.2, 0.25) is 0 Å². The first kappa shape index (κ1) is 15.5. The van der Waals surface area contributed by atoms with Crippen LogP contribution in [0.4, 0.5) is 0 Å². The molecule has 4 rings (SSSR count). The van der Waals surface area contributed by atoms with Gasteiger partial charge in [-0.1, -0.05) is 0 Å². The maximum atomic E-state index is 12.4. The molecule has 7 heteroatoms. The number of piperidine rings is 1. The van der Waals surface area contributed by atoms with E-state index in [0.717, 1.165) is 25.0 Å². The van der Waals surface area contributed by atoms with Crippen LogP contribution in [0, 0.1) is 0 Å². The summed E-state index contributed by atoms with van der Waals surface area (Å²) in [5.74, 6) is 0.798. The van der Waals surface area contributed by atoms with Crippen molar-refractivity contribution in [3.8, 4) is 5.75 Å². The standard InChI is InChI=1S/C17H19N3O3S/c21-16(15-11-24-12-19-15)20-6-3-17(4-7-20)8-14(10-22-17)23-13-2-1-5-18-9-13/h1-2,5,9,11-12,14H,3-4,6-8,10H2/t14-/m0/s1. The van der Waals surface area contributed by atoms with Crippen LogP contribution in [-0.4, -0.2) is 52.2 Å². The second kappa shape index (κ2) is 6.49. The molecule has 1 amide bonds. The third-order valence-electron chi connectivity index (χ3n) is 4.73. The molecule has 2 aromatic heterocycles. The van der Waals surface area contributed by atoms with Gasteiger partial charge in [0.05, 0.1) is 23.9 Å². The second-order valence-electron chi connectivity index (χ2n) is 6.29. The van der Waals surface area contributed by atoms with Gasteiger partial charge in [0.2, 0.25) is 0 Å². The number of aromatic nitrogens is 2. The van der Waals surface area contributed by atoms with Gasteiger partial charge in [-0.2, -0.15) is 0 Å². The van der Waals surface area contributed by atoms with Crippen molar-refractivity contribution < 1.29 is 14.3 Å². The lowest BCUT2D eigenvalue weighted by molar-refractivity contribution is -0.0396. The Morgan fingerprint density at radius 1 is 1.42 bits per heavy atom. The van der Waals surface area contributed by atoms with Crippen molar-refractivity contribution in [3.63, 3.8) is 0 Å². The minimum atomic E-state index is -0.161. The third kappa shape index (κ3) is 3.14. The second-order valence-corrected chi connectivity index (χ2v) is 7.01. The average Bonchev–Trinajstić information content (AvgIpc) is 3.27. The molecule has 2 aliphatic heterocycles. The number of likely N-dealkylation sites (tertiary alicyclic amines) is 1. The lowest BCUT2D eigenvalue weighted by Gasteiger charge is -2.38. The van der Waals surface area contributed by atoms with E-state index in [1.807, 2.05) is 17.0 Å². The van der Waals surface area contributed by atoms with Gasteiger partial charge in [-0.3, -0.25) is 9.78 Å². The number of carbonyl (C=O) groups excluding carboxylic acids is 1. The normalized spacial score (nSPS) is 22.7. The third-order valence-corrected chi connectivity index (χ3v) is 5.31. The number of hydrogen-bond acceptors (Lipinski definition) is 6. The molecule has 0 aromatic carbocycles. The van der Waals surface area contributed by atoms with Gasteiger partial charge in [-0.05, 0) is 25.0 Å². The highest BCUT2D eigenvalue weighted by molar-refractivity contribution is 7.07. The summed E-state index contributed by atoms with van der Waals surface area (Å²) in [6.45, 7) is 2.00. The zero-order valence-electron chi connectivity index (χ0n) is 13.3. The van der Waals surface area contributed by atoms with Crippen LogP contribution in [0.15, 0.2) is 35.4 Å². The summed E-state index contributed by atoms with van der Waals surface area (Å²) in [6, 6.07) is 3.77. The molecule has 0 aliphatic carbocycles. The Bertz CT molecular complexity index is 684. The topological polar surface area (TPSA) is 64.6 Å². The molecule has 0 N–H and O–H groups in total. The minimum absolute atomic E-state index is 0.0206. The van der Waals surface area contributed by atoms with Crippen molar-refractivity contribution in [2.24, 2.45) is 0 Å². The van der Waals surface area contributed by atoms with Crippen LogP contribution in [0.1, 0.15) is 29.8 Å². The van der Waals surface area contributed by atoms with E-state index in [2.05, 4.69) is 9.97 Å². The molecular weight excluding hydrogens is 326 g/mol. The Morgan fingerprint density at radius 2 is 2.29 bits per heavy atom. The largest absolute Gasteiger partial charge is 0.486 e. The Morgan fingerprint density at radius 3 is 3.00 bits per heavy atom. The van der Waals surface area contributed by atoms with Crippen LogP contribution in [0.5, 0.6) is 5.75 Å². The molecule has 2 saturated heterocycles. The molecule has 0 bridgehead atoms. The molecule has 2 fully saturated rings. The van der Waals surface area contributed by atoms with E-state index in [-0.39, 0.29) is 17.6 Å². The highest BCUT2D eigenvalue weighted by Crippen LogP contribution is 2.37. The van der Waals surface area contributed by atoms with E-state index >= 15 is 0 Å². The van der Waals surface area contributed by atoms with Crippen molar-refractivity contribution in [2.45, 2.75) is 31.0 Å². The fourth-order valence-electron chi connectivity index (χ4n) is 3.43. The van der Waals surface area contributed by atoms with Gasteiger partial charge in [-0.15, -0.1) is 11.3 Å². The summed E-state index contributed by atoms with van der Waals surface area (Å²) in [6.07, 6.45) is 6.05. The number of amides is 1. The van der Waals surface area contributed by atoms with Crippen molar-refractivity contribution in [1.82, 2.24) is 14.9 Å². The van der Waals surface area contributed by atoms with Crippen molar-refractivity contribution >= 4 is 17.2 Å². The smallest absolute Gasteiger partial charge is 0.273 e. The molecule has 1 atom stereocenters. The van der Waals surface area contributed by atoms with Crippen LogP contribution in [-0.2, 0) is 4.74 Å². The monoisotopic (exact) mass is 345 g/mol. The molecule has 24 heavy (non-hydrogen) atoms. The van der Waals surface area contributed by atoms with E-state index in [4.69, 9.17) is 9.47 Å². The molecule has 2 aromatic rings. The van der Waals surface area contributed by atoms with Gasteiger partial charge < -0.3 is 14.4 Å². The van der Waals surface area contributed by atoms with Crippen molar-refractivity contribution in [2.75, 3.05) is 19.7 Å². The van der Waals surface area contributed by atoms with E-state index < -0.39 is 0 Å². The number of thiazole rings is 1. The van der Waals surface area contributed by atoms with Crippen LogP contribution >= 0.6 is 11.3 Å². The SMILES string of the molecule is O=C(c1cscn1)N1CCC2(CC1)C[C@H](Oc1cccnc1)CO2. The van der Waals surface area contributed by atoms with E-state index in [1.54, 1.807) is 23.3 Å². The van der Waals surface area contributed by atoms with Gasteiger partial charge in [-0.25, -0.2) is 4.98 Å². The van der Waals surface area contributed by atoms with Crippen molar-refractivity contribution in [3.05, 3.63) is 41.1 Å². The Labute approximate surface area is 144 Å². The molecule has 6 nitrogen and oxygen atoms in total. The van der Waals surface area contributed by atoms with Gasteiger partial charge in [0, 0.05) is 31.1 Å². The molecule has 0 unspecified atom stereocenters. The Hall–Kier alpha value is -1.99. The van der Waals surface area contributed by atoms with E-state index in [1.165, 1.54) is 11.3 Å². The summed E-state index contributed by atoms with van der Waals surface area (Å²) in [7, 11) is 0. The zero-order chi connectivity index (χ0) is 16.4. The maximum Gasteiger partial charge on any atom is 0.273 e. The highest BCUT2D eigenvalue weighted by atomic mass is 32.1. The van der Waals surface area contributed by atoms with Gasteiger partial charge in [0.1, 0.15) is 17.5 Å². The first-order valence-corrected chi connectivity index (χ1v) is 9.07. The summed E-state index contributed by atoms with van der Waals surface area (Å²) >= 11 is 1.45. The quantitative estimate of drug-likeness (QED) is 0.855. The molecule has 2 aliphatic rings. The maximum absolute atomic E-state index is 12.4. The lowest BCUT2D eigenvalue weighted by atomic mass is 9.88. The molecule has 0 radical (unpaired) electrons. The van der Waals surface area contributed by atoms with Gasteiger partial charge in [0.15, 0.2) is 0 Å². The summed E-state index contributed by atoms with van der Waals surface area (Å²) in [4.78, 5) is 22.4. The van der Waals surface area contributed by atoms with E-state index in [9.17, 15) is 4.79 Å². The van der Waals surface area contributed by atoms with Crippen LogP contribution < -0.4 is 4.74 Å². The molecular formula is C17H19N3O3S. The van der Waals surface area contributed by atoms with Crippen LogP contribution in [0.3, 0.4) is 0 Å². The molecule has 1 spiro atoms.